The molecule has 0 aliphatic carbocycles. The van der Waals surface area contributed by atoms with E-state index < -0.39 is 17.5 Å². The number of nitrogens with zero attached hydrogens (tertiary/aromatic N) is 1. The summed E-state index contributed by atoms with van der Waals surface area (Å²) in [5.41, 5.74) is -0.876. The van der Waals surface area contributed by atoms with Gasteiger partial charge in [-0.15, -0.1) is 11.3 Å². The second-order valence-electron chi connectivity index (χ2n) is 9.24. The minimum absolute atomic E-state index is 0.0946. The molecule has 1 saturated heterocycles. The van der Waals surface area contributed by atoms with E-state index in [9.17, 15) is 19.5 Å². The molecule has 1 unspecified atom stereocenters. The zero-order valence-corrected chi connectivity index (χ0v) is 21.7. The Morgan fingerprint density at radius 3 is 2.62 bits per heavy atom. The number of benzene rings is 1. The van der Waals surface area contributed by atoms with Gasteiger partial charge < -0.3 is 20.6 Å². The number of urea groups is 1. The van der Waals surface area contributed by atoms with Gasteiger partial charge in [-0.1, -0.05) is 50.0 Å². The molecule has 3 rings (SSSR count). The lowest BCUT2D eigenvalue weighted by atomic mass is 9.91. The van der Waals surface area contributed by atoms with Crippen LogP contribution in [0.4, 0.5) is 15.5 Å². The lowest BCUT2D eigenvalue weighted by Crippen LogP contribution is -2.65. The van der Waals surface area contributed by atoms with Gasteiger partial charge in [-0.2, -0.15) is 0 Å². The van der Waals surface area contributed by atoms with Gasteiger partial charge in [-0.25, -0.2) is 4.79 Å². The third-order valence-electron chi connectivity index (χ3n) is 5.68. The summed E-state index contributed by atoms with van der Waals surface area (Å²) in [6.07, 6.45) is 0.0946. The number of piperazine rings is 1. The summed E-state index contributed by atoms with van der Waals surface area (Å²) in [6, 6.07) is 6.04. The maximum Gasteiger partial charge on any atom is 0.324 e. The number of carbonyl (C=O) groups is 3. The Morgan fingerprint density at radius 1 is 1.26 bits per heavy atom. The molecule has 2 heterocycles. The molecule has 1 fully saturated rings. The van der Waals surface area contributed by atoms with Gasteiger partial charge in [0.25, 0.3) is 5.91 Å². The van der Waals surface area contributed by atoms with Crippen molar-refractivity contribution >= 4 is 63.1 Å². The predicted octanol–water partition coefficient (Wildman–Crippen LogP) is 4.71. The van der Waals surface area contributed by atoms with Crippen LogP contribution in [-0.4, -0.2) is 53.1 Å². The minimum atomic E-state index is -1.21. The first-order chi connectivity index (χ1) is 15.9. The van der Waals surface area contributed by atoms with Gasteiger partial charge in [-0.05, 0) is 30.5 Å². The maximum atomic E-state index is 13.7. The van der Waals surface area contributed by atoms with Gasteiger partial charge in [0.15, 0.2) is 0 Å². The summed E-state index contributed by atoms with van der Waals surface area (Å²) in [5, 5.41) is 18.6. The van der Waals surface area contributed by atoms with E-state index in [0.717, 1.165) is 4.88 Å². The van der Waals surface area contributed by atoms with E-state index in [1.165, 1.54) is 16.2 Å². The molecule has 0 bridgehead atoms. The van der Waals surface area contributed by atoms with Crippen molar-refractivity contribution in [3.8, 4) is 0 Å². The van der Waals surface area contributed by atoms with Crippen molar-refractivity contribution in [2.45, 2.75) is 45.1 Å². The van der Waals surface area contributed by atoms with Gasteiger partial charge >= 0.3 is 6.03 Å². The number of hydrogen-bond donors (Lipinski definition) is 4. The summed E-state index contributed by atoms with van der Waals surface area (Å²) < 4.78 is 0. The standard InChI is InChI=1S/C23H28Cl2N4O4S/c1-22(2,3)16-12-13(19(31)29-10-9-26-20(32)23(29,4)8-11-30)18(34-16)28-21(33)27-15-7-5-6-14(24)17(15)25/h5-7,12,30H,8-11H2,1-4H3,(H,26,32)(H2,27,28,33). The van der Waals surface area contributed by atoms with Crippen molar-refractivity contribution in [2.24, 2.45) is 0 Å². The summed E-state index contributed by atoms with van der Waals surface area (Å²) in [7, 11) is 0. The van der Waals surface area contributed by atoms with Gasteiger partial charge in [0.05, 0.1) is 21.3 Å². The Kier molecular flexibility index (Phi) is 7.82. The Balaban J connectivity index is 1.95. The number of thiophene rings is 1. The van der Waals surface area contributed by atoms with Crippen molar-refractivity contribution in [3.63, 3.8) is 0 Å². The lowest BCUT2D eigenvalue weighted by molar-refractivity contribution is -0.135. The van der Waals surface area contributed by atoms with E-state index in [4.69, 9.17) is 23.2 Å². The Bertz CT molecular complexity index is 1110. The molecule has 4 N–H and O–H groups in total. The average molecular weight is 527 g/mol. The molecule has 34 heavy (non-hydrogen) atoms. The largest absolute Gasteiger partial charge is 0.396 e. The molecule has 0 radical (unpaired) electrons. The zero-order valence-electron chi connectivity index (χ0n) is 19.4. The molecule has 1 aliphatic rings. The molecule has 1 aliphatic heterocycles. The Labute approximate surface area is 212 Å². The number of aliphatic hydroxyl groups is 1. The topological polar surface area (TPSA) is 111 Å². The van der Waals surface area contributed by atoms with Crippen LogP contribution in [0.25, 0.3) is 0 Å². The van der Waals surface area contributed by atoms with Crippen LogP contribution in [0.3, 0.4) is 0 Å². The Hall–Kier alpha value is -2.33. The number of hydrogen-bond acceptors (Lipinski definition) is 5. The van der Waals surface area contributed by atoms with E-state index in [-0.39, 0.29) is 41.5 Å². The van der Waals surface area contributed by atoms with Gasteiger partial charge in [0.2, 0.25) is 5.91 Å². The number of anilines is 2. The van der Waals surface area contributed by atoms with E-state index in [0.29, 0.717) is 22.3 Å². The monoisotopic (exact) mass is 526 g/mol. The maximum absolute atomic E-state index is 13.7. The number of carbonyl (C=O) groups excluding carboxylic acids is 3. The van der Waals surface area contributed by atoms with Crippen LogP contribution in [-0.2, 0) is 10.2 Å². The summed E-state index contributed by atoms with van der Waals surface area (Å²) in [6.45, 7) is 7.99. The molecule has 4 amide bonds. The number of aliphatic hydroxyl groups excluding tert-OH is 1. The fourth-order valence-electron chi connectivity index (χ4n) is 3.65. The predicted molar refractivity (Wildman–Crippen MR) is 136 cm³/mol. The molecule has 2 aromatic rings. The van der Waals surface area contributed by atoms with Crippen LogP contribution in [0.5, 0.6) is 0 Å². The molecule has 184 valence electrons. The van der Waals surface area contributed by atoms with E-state index >= 15 is 0 Å². The SMILES string of the molecule is CC(C)(C)c1cc(C(=O)N2CCNC(=O)C2(C)CCO)c(NC(=O)Nc2cccc(Cl)c2Cl)s1. The first kappa shape index (κ1) is 26.3. The number of amides is 4. The third kappa shape index (κ3) is 5.33. The smallest absolute Gasteiger partial charge is 0.324 e. The molecular weight excluding hydrogens is 499 g/mol. The second kappa shape index (κ2) is 10.1. The summed E-state index contributed by atoms with van der Waals surface area (Å²) in [5.74, 6) is -0.719. The van der Waals surface area contributed by atoms with Crippen LogP contribution < -0.4 is 16.0 Å². The normalized spacial score (nSPS) is 18.4. The van der Waals surface area contributed by atoms with Crippen LogP contribution in [0.15, 0.2) is 24.3 Å². The van der Waals surface area contributed by atoms with E-state index in [1.54, 1.807) is 31.2 Å². The fourth-order valence-corrected chi connectivity index (χ4v) is 5.10. The van der Waals surface area contributed by atoms with E-state index in [1.807, 2.05) is 20.8 Å². The molecule has 1 aromatic carbocycles. The minimum Gasteiger partial charge on any atom is -0.396 e. The average Bonchev–Trinajstić information content (AvgIpc) is 3.17. The third-order valence-corrected chi connectivity index (χ3v) is 7.97. The lowest BCUT2D eigenvalue weighted by Gasteiger charge is -2.43. The zero-order chi connectivity index (χ0) is 25.3. The van der Waals surface area contributed by atoms with Crippen LogP contribution in [0.1, 0.15) is 49.4 Å². The molecule has 11 heteroatoms. The number of rotatable bonds is 5. The van der Waals surface area contributed by atoms with Crippen LogP contribution in [0.2, 0.25) is 10.0 Å². The van der Waals surface area contributed by atoms with Crippen LogP contribution >= 0.6 is 34.5 Å². The van der Waals surface area contributed by atoms with Gasteiger partial charge in [0, 0.05) is 31.0 Å². The molecule has 1 aromatic heterocycles. The molecule has 0 saturated carbocycles. The highest BCUT2D eigenvalue weighted by atomic mass is 35.5. The number of halogens is 2. The summed E-state index contributed by atoms with van der Waals surface area (Å²) >= 11 is 13.5. The van der Waals surface area contributed by atoms with Gasteiger partial charge in [0.1, 0.15) is 10.5 Å². The molecule has 8 nitrogen and oxygen atoms in total. The first-order valence-electron chi connectivity index (χ1n) is 10.8. The van der Waals surface area contributed by atoms with Crippen molar-refractivity contribution in [1.29, 1.82) is 0 Å². The van der Waals surface area contributed by atoms with Gasteiger partial charge in [-0.3, -0.25) is 14.9 Å². The van der Waals surface area contributed by atoms with E-state index in [2.05, 4.69) is 16.0 Å². The molecule has 0 spiro atoms. The summed E-state index contributed by atoms with van der Waals surface area (Å²) in [4.78, 5) is 41.5. The highest BCUT2D eigenvalue weighted by Gasteiger charge is 2.45. The molecule has 1 atom stereocenters. The van der Waals surface area contributed by atoms with Crippen molar-refractivity contribution in [3.05, 3.63) is 44.8 Å². The highest BCUT2D eigenvalue weighted by Crippen LogP contribution is 2.38. The van der Waals surface area contributed by atoms with Crippen molar-refractivity contribution in [1.82, 2.24) is 10.2 Å². The molecular formula is C23H28Cl2N4O4S. The van der Waals surface area contributed by atoms with Crippen molar-refractivity contribution < 1.29 is 19.5 Å². The van der Waals surface area contributed by atoms with Crippen molar-refractivity contribution in [2.75, 3.05) is 30.3 Å². The fraction of sp³-hybridized carbons (Fsp3) is 0.435. The first-order valence-corrected chi connectivity index (χ1v) is 12.3. The second-order valence-corrected chi connectivity index (χ2v) is 11.1. The Morgan fingerprint density at radius 2 is 1.97 bits per heavy atom. The van der Waals surface area contributed by atoms with Crippen LogP contribution in [0, 0.1) is 0 Å². The quantitative estimate of drug-likeness (QED) is 0.452. The highest BCUT2D eigenvalue weighted by molar-refractivity contribution is 7.16. The number of nitrogens with one attached hydrogen (secondary N) is 3.